The third-order valence-electron chi connectivity index (χ3n) is 2.85. The maximum atomic E-state index is 13.4. The lowest BCUT2D eigenvalue weighted by molar-refractivity contribution is 0.624. The van der Waals surface area contributed by atoms with Crippen LogP contribution in [0, 0.1) is 12.7 Å². The summed E-state index contributed by atoms with van der Waals surface area (Å²) >= 11 is 5.67. The normalized spacial score (nSPS) is 12.2. The number of pyridine rings is 1. The number of nitrogens with zero attached hydrogens (tertiary/aromatic N) is 1. The number of anilines is 1. The summed E-state index contributed by atoms with van der Waals surface area (Å²) in [5, 5.41) is 3.44. The number of aryl methyl sites for hydroxylation is 1. The van der Waals surface area contributed by atoms with Gasteiger partial charge >= 0.3 is 0 Å². The molecule has 1 unspecified atom stereocenters. The van der Waals surface area contributed by atoms with Crippen LogP contribution in [0.15, 0.2) is 36.7 Å². The first-order valence-electron chi connectivity index (χ1n) is 5.70. The highest BCUT2D eigenvalue weighted by Gasteiger charge is 2.09. The van der Waals surface area contributed by atoms with Crippen LogP contribution in [0.25, 0.3) is 0 Å². The highest BCUT2D eigenvalue weighted by Crippen LogP contribution is 2.24. The molecule has 0 saturated heterocycles. The number of rotatable bonds is 3. The number of nitrogens with one attached hydrogen (secondary N) is 1. The van der Waals surface area contributed by atoms with Gasteiger partial charge in [-0.1, -0.05) is 17.7 Å². The molecule has 0 spiro atoms. The molecule has 1 atom stereocenters. The summed E-state index contributed by atoms with van der Waals surface area (Å²) < 4.78 is 13.4. The summed E-state index contributed by atoms with van der Waals surface area (Å²) in [5.41, 5.74) is 2.90. The third-order valence-corrected chi connectivity index (χ3v) is 3.16. The minimum absolute atomic E-state index is 0.0142. The average Bonchev–Trinajstić information content (AvgIpc) is 2.35. The van der Waals surface area contributed by atoms with Crippen molar-refractivity contribution >= 4 is 17.3 Å². The van der Waals surface area contributed by atoms with Crippen LogP contribution in [0.1, 0.15) is 24.1 Å². The molecule has 0 fully saturated rings. The molecule has 18 heavy (non-hydrogen) atoms. The first kappa shape index (κ1) is 12.8. The van der Waals surface area contributed by atoms with Crippen molar-refractivity contribution in [2.45, 2.75) is 19.9 Å². The van der Waals surface area contributed by atoms with Crippen molar-refractivity contribution in [3.05, 3.63) is 58.6 Å². The van der Waals surface area contributed by atoms with Gasteiger partial charge in [-0.15, -0.1) is 0 Å². The van der Waals surface area contributed by atoms with E-state index in [4.69, 9.17) is 11.6 Å². The van der Waals surface area contributed by atoms with E-state index in [1.165, 1.54) is 6.07 Å². The fourth-order valence-electron chi connectivity index (χ4n) is 1.71. The van der Waals surface area contributed by atoms with Crippen molar-refractivity contribution in [3.8, 4) is 0 Å². The lowest BCUT2D eigenvalue weighted by Crippen LogP contribution is -2.08. The lowest BCUT2D eigenvalue weighted by Gasteiger charge is -2.17. The Morgan fingerprint density at radius 2 is 2.11 bits per heavy atom. The van der Waals surface area contributed by atoms with E-state index in [0.29, 0.717) is 0 Å². The van der Waals surface area contributed by atoms with Gasteiger partial charge in [0.2, 0.25) is 0 Å². The van der Waals surface area contributed by atoms with E-state index in [1.54, 1.807) is 18.5 Å². The van der Waals surface area contributed by atoms with Gasteiger partial charge in [0.15, 0.2) is 0 Å². The Bertz CT molecular complexity index is 557. The Balaban J connectivity index is 2.19. The molecule has 2 nitrogen and oxygen atoms in total. The molecule has 0 bridgehead atoms. The molecule has 2 rings (SSSR count). The summed E-state index contributed by atoms with van der Waals surface area (Å²) in [6.45, 7) is 3.97. The van der Waals surface area contributed by atoms with Crippen LogP contribution < -0.4 is 5.32 Å². The van der Waals surface area contributed by atoms with Gasteiger partial charge in [0.25, 0.3) is 0 Å². The molecule has 0 amide bonds. The van der Waals surface area contributed by atoms with Crippen LogP contribution in [-0.2, 0) is 0 Å². The summed E-state index contributed by atoms with van der Waals surface area (Å²) in [6.07, 6.45) is 3.51. The van der Waals surface area contributed by atoms with E-state index in [9.17, 15) is 4.39 Å². The zero-order valence-corrected chi connectivity index (χ0v) is 11.0. The van der Waals surface area contributed by atoms with Gasteiger partial charge in [-0.05, 0) is 43.2 Å². The van der Waals surface area contributed by atoms with Gasteiger partial charge in [0, 0.05) is 12.2 Å². The first-order valence-corrected chi connectivity index (χ1v) is 6.08. The standard InChI is InChI=1S/C14H14ClFN2/c1-9-5-6-17-8-14(9)18-10(2)11-3-4-12(15)13(16)7-11/h3-8,10,18H,1-2H3. The SMILES string of the molecule is Cc1ccncc1NC(C)c1ccc(Cl)c(F)c1. The maximum absolute atomic E-state index is 13.4. The van der Waals surface area contributed by atoms with Gasteiger partial charge in [0.1, 0.15) is 5.82 Å². The predicted octanol–water partition coefficient (Wildman–Crippen LogP) is 4.36. The summed E-state index contributed by atoms with van der Waals surface area (Å²) in [4.78, 5) is 4.07. The zero-order chi connectivity index (χ0) is 13.1. The van der Waals surface area contributed by atoms with E-state index in [2.05, 4.69) is 10.3 Å². The van der Waals surface area contributed by atoms with Crippen LogP contribution in [0.3, 0.4) is 0 Å². The Morgan fingerprint density at radius 1 is 1.33 bits per heavy atom. The molecular formula is C14H14ClFN2. The van der Waals surface area contributed by atoms with Crippen LogP contribution in [0.4, 0.5) is 10.1 Å². The minimum Gasteiger partial charge on any atom is -0.377 e. The number of aromatic nitrogens is 1. The topological polar surface area (TPSA) is 24.9 Å². The third kappa shape index (κ3) is 2.79. The molecule has 0 aliphatic rings. The average molecular weight is 265 g/mol. The summed E-state index contributed by atoms with van der Waals surface area (Å²) in [7, 11) is 0. The fourth-order valence-corrected chi connectivity index (χ4v) is 1.83. The Labute approximate surface area is 111 Å². The van der Waals surface area contributed by atoms with Crippen molar-refractivity contribution in [1.29, 1.82) is 0 Å². The van der Waals surface area contributed by atoms with Crippen molar-refractivity contribution < 1.29 is 4.39 Å². The number of halogens is 2. The Kier molecular flexibility index (Phi) is 3.82. The summed E-state index contributed by atoms with van der Waals surface area (Å²) in [5.74, 6) is -0.397. The van der Waals surface area contributed by atoms with Crippen molar-refractivity contribution in [1.82, 2.24) is 4.98 Å². The van der Waals surface area contributed by atoms with E-state index < -0.39 is 5.82 Å². The molecule has 1 aromatic carbocycles. The van der Waals surface area contributed by atoms with Crippen molar-refractivity contribution in [3.63, 3.8) is 0 Å². The monoisotopic (exact) mass is 264 g/mol. The summed E-state index contributed by atoms with van der Waals surface area (Å²) in [6, 6.07) is 6.75. The molecule has 4 heteroatoms. The van der Waals surface area contributed by atoms with E-state index >= 15 is 0 Å². The lowest BCUT2D eigenvalue weighted by atomic mass is 10.1. The number of benzene rings is 1. The Hall–Kier alpha value is -1.61. The van der Waals surface area contributed by atoms with Gasteiger partial charge < -0.3 is 5.32 Å². The van der Waals surface area contributed by atoms with Gasteiger partial charge in [-0.3, -0.25) is 4.98 Å². The quantitative estimate of drug-likeness (QED) is 0.891. The second-order valence-electron chi connectivity index (χ2n) is 4.23. The zero-order valence-electron chi connectivity index (χ0n) is 10.2. The fraction of sp³-hybridized carbons (Fsp3) is 0.214. The molecular weight excluding hydrogens is 251 g/mol. The molecule has 0 aliphatic heterocycles. The van der Waals surface area contributed by atoms with Crippen LogP contribution in [0.2, 0.25) is 5.02 Å². The molecule has 2 aromatic rings. The first-order chi connectivity index (χ1) is 8.58. The second-order valence-corrected chi connectivity index (χ2v) is 4.64. The van der Waals surface area contributed by atoms with Gasteiger partial charge in [-0.2, -0.15) is 0 Å². The number of hydrogen-bond donors (Lipinski definition) is 1. The molecule has 0 aliphatic carbocycles. The highest BCUT2D eigenvalue weighted by molar-refractivity contribution is 6.30. The molecule has 0 saturated carbocycles. The minimum atomic E-state index is -0.397. The van der Waals surface area contributed by atoms with E-state index in [0.717, 1.165) is 16.8 Å². The highest BCUT2D eigenvalue weighted by atomic mass is 35.5. The predicted molar refractivity (Wildman–Crippen MR) is 72.4 cm³/mol. The molecule has 94 valence electrons. The van der Waals surface area contributed by atoms with Gasteiger partial charge in [0.05, 0.1) is 16.9 Å². The maximum Gasteiger partial charge on any atom is 0.142 e. The molecule has 1 heterocycles. The second kappa shape index (κ2) is 5.36. The van der Waals surface area contributed by atoms with Gasteiger partial charge in [-0.25, -0.2) is 4.39 Å². The van der Waals surface area contributed by atoms with Crippen LogP contribution in [0.5, 0.6) is 0 Å². The van der Waals surface area contributed by atoms with Crippen LogP contribution >= 0.6 is 11.6 Å². The van der Waals surface area contributed by atoms with Crippen molar-refractivity contribution in [2.24, 2.45) is 0 Å². The van der Waals surface area contributed by atoms with Crippen LogP contribution in [-0.4, -0.2) is 4.98 Å². The molecule has 1 N–H and O–H groups in total. The van der Waals surface area contributed by atoms with Crippen molar-refractivity contribution in [2.75, 3.05) is 5.32 Å². The van der Waals surface area contributed by atoms with E-state index in [-0.39, 0.29) is 11.1 Å². The Morgan fingerprint density at radius 3 is 2.78 bits per heavy atom. The molecule has 1 aromatic heterocycles. The smallest absolute Gasteiger partial charge is 0.142 e. The molecule has 0 radical (unpaired) electrons. The largest absolute Gasteiger partial charge is 0.377 e. The van der Waals surface area contributed by atoms with E-state index in [1.807, 2.05) is 26.0 Å². The number of hydrogen-bond acceptors (Lipinski definition) is 2.